The van der Waals surface area contributed by atoms with Gasteiger partial charge in [-0.15, -0.1) is 0 Å². The quantitative estimate of drug-likeness (QED) is 0.192. The van der Waals surface area contributed by atoms with Gasteiger partial charge in [0, 0.05) is 42.1 Å². The van der Waals surface area contributed by atoms with Crippen molar-refractivity contribution in [2.45, 2.75) is 64.8 Å². The molecule has 0 fully saturated rings. The van der Waals surface area contributed by atoms with Crippen LogP contribution in [0.3, 0.4) is 0 Å². The van der Waals surface area contributed by atoms with Gasteiger partial charge in [-0.25, -0.2) is 0 Å². The number of fused-ring (bicyclic) bond motifs is 1. The Kier molecular flexibility index (Phi) is 11.1. The fourth-order valence-electron chi connectivity index (χ4n) is 4.08. The van der Waals surface area contributed by atoms with Crippen LogP contribution in [0.5, 0.6) is 0 Å². The largest absolute Gasteiger partial charge is 0.370 e. The van der Waals surface area contributed by atoms with E-state index in [1.165, 1.54) is 36.6 Å². The maximum atomic E-state index is 12.9. The van der Waals surface area contributed by atoms with Crippen molar-refractivity contribution in [2.75, 3.05) is 26.7 Å². The molecular formula is C25H42N6O. The van der Waals surface area contributed by atoms with Crippen molar-refractivity contribution in [3.63, 3.8) is 0 Å². The van der Waals surface area contributed by atoms with Crippen LogP contribution in [0.15, 0.2) is 35.5 Å². The molecule has 0 aliphatic carbocycles. The first kappa shape index (κ1) is 25.7. The molecule has 0 saturated heterocycles. The van der Waals surface area contributed by atoms with Crippen LogP contribution < -0.4 is 16.8 Å². The maximum Gasteiger partial charge on any atom is 0.223 e. The van der Waals surface area contributed by atoms with Gasteiger partial charge in [-0.05, 0) is 50.9 Å². The molecule has 0 unspecified atom stereocenters. The Morgan fingerprint density at radius 3 is 2.72 bits per heavy atom. The average Bonchev–Trinajstić information content (AvgIpc) is 3.16. The lowest BCUT2D eigenvalue weighted by molar-refractivity contribution is -0.125. The van der Waals surface area contributed by atoms with Gasteiger partial charge < -0.3 is 26.7 Å². The second kappa shape index (κ2) is 13.8. The highest BCUT2D eigenvalue weighted by Crippen LogP contribution is 2.20. The van der Waals surface area contributed by atoms with Crippen LogP contribution in [0.25, 0.3) is 10.9 Å². The predicted octanol–water partition coefficient (Wildman–Crippen LogP) is 3.40. The fourth-order valence-corrected chi connectivity index (χ4v) is 4.08. The van der Waals surface area contributed by atoms with E-state index in [1.54, 1.807) is 0 Å². The first-order valence-corrected chi connectivity index (χ1v) is 12.0. The highest BCUT2D eigenvalue weighted by Gasteiger charge is 2.20. The highest BCUT2D eigenvalue weighted by molar-refractivity contribution is 5.83. The monoisotopic (exact) mass is 442 g/mol. The molecule has 2 atom stereocenters. The molecule has 2 rings (SSSR count). The van der Waals surface area contributed by atoms with Crippen molar-refractivity contribution < 1.29 is 4.79 Å². The summed E-state index contributed by atoms with van der Waals surface area (Å²) in [6.45, 7) is 6.64. The summed E-state index contributed by atoms with van der Waals surface area (Å²) in [5.74, 6) is 0.117. The summed E-state index contributed by atoms with van der Waals surface area (Å²) < 4.78 is 0. The number of rotatable bonds is 15. The van der Waals surface area contributed by atoms with Crippen LogP contribution in [0.1, 0.15) is 57.9 Å². The molecule has 0 aliphatic heterocycles. The molecule has 7 nitrogen and oxygen atoms in total. The van der Waals surface area contributed by atoms with Crippen LogP contribution in [-0.2, 0) is 11.2 Å². The Morgan fingerprint density at radius 2 is 1.97 bits per heavy atom. The molecule has 7 heteroatoms. The Labute approximate surface area is 193 Å². The lowest BCUT2D eigenvalue weighted by atomic mass is 10.0. The van der Waals surface area contributed by atoms with E-state index in [9.17, 15) is 4.79 Å². The van der Waals surface area contributed by atoms with Gasteiger partial charge in [0.05, 0.1) is 0 Å². The third-order valence-corrected chi connectivity index (χ3v) is 5.95. The highest BCUT2D eigenvalue weighted by atomic mass is 16.1. The molecule has 0 aliphatic rings. The molecule has 1 amide bonds. The van der Waals surface area contributed by atoms with E-state index < -0.39 is 0 Å². The van der Waals surface area contributed by atoms with Crippen LogP contribution in [0.2, 0.25) is 0 Å². The molecule has 6 N–H and O–H groups in total. The smallest absolute Gasteiger partial charge is 0.223 e. The van der Waals surface area contributed by atoms with Crippen molar-refractivity contribution in [2.24, 2.45) is 22.4 Å². The van der Waals surface area contributed by atoms with Gasteiger partial charge in [-0.1, -0.05) is 51.3 Å². The third-order valence-electron chi connectivity index (χ3n) is 5.95. The number of nitrogens with one attached hydrogen (secondary N) is 2. The lowest BCUT2D eigenvalue weighted by Crippen LogP contribution is -2.46. The van der Waals surface area contributed by atoms with Crippen molar-refractivity contribution >= 4 is 22.8 Å². The van der Waals surface area contributed by atoms with Crippen molar-refractivity contribution in [3.8, 4) is 0 Å². The van der Waals surface area contributed by atoms with Gasteiger partial charge in [0.25, 0.3) is 0 Å². The number of aromatic nitrogens is 1. The van der Waals surface area contributed by atoms with Crippen LogP contribution in [0, 0.1) is 5.92 Å². The summed E-state index contributed by atoms with van der Waals surface area (Å²) in [7, 11) is 2.15. The summed E-state index contributed by atoms with van der Waals surface area (Å²) in [5, 5.41) is 4.55. The molecule has 32 heavy (non-hydrogen) atoms. The van der Waals surface area contributed by atoms with E-state index in [-0.39, 0.29) is 23.8 Å². The number of unbranched alkanes of at least 4 members (excludes halogenated alkanes) is 3. The fraction of sp³-hybridized carbons (Fsp3) is 0.600. The number of hydrogen-bond acceptors (Lipinski definition) is 3. The minimum absolute atomic E-state index is 0.0537. The molecule has 0 radical (unpaired) electrons. The third kappa shape index (κ3) is 8.91. The molecule has 0 saturated carbocycles. The number of likely N-dealkylation sites (N-methyl/N-ethyl adjacent to an activating group) is 1. The zero-order valence-electron chi connectivity index (χ0n) is 20.1. The van der Waals surface area contributed by atoms with Crippen molar-refractivity contribution in [1.29, 1.82) is 0 Å². The number of hydrogen-bond donors (Lipinski definition) is 4. The van der Waals surface area contributed by atoms with Gasteiger partial charge in [-0.3, -0.25) is 9.79 Å². The Bertz CT molecular complexity index is 842. The summed E-state index contributed by atoms with van der Waals surface area (Å²) in [5.41, 5.74) is 13.1. The molecular weight excluding hydrogens is 400 g/mol. The second-order valence-electron chi connectivity index (χ2n) is 8.94. The number of guanidine groups is 1. The van der Waals surface area contributed by atoms with Crippen LogP contribution in [0.4, 0.5) is 0 Å². The number of carbonyl (C=O) groups excluding carboxylic acids is 1. The topological polar surface area (TPSA) is 113 Å². The first-order chi connectivity index (χ1) is 15.4. The lowest BCUT2D eigenvalue weighted by Gasteiger charge is -2.26. The van der Waals surface area contributed by atoms with E-state index in [0.717, 1.165) is 37.9 Å². The Balaban J connectivity index is 1.99. The number of carbonyl (C=O) groups is 1. The molecule has 2 aromatic rings. The number of aliphatic imine (C=N–C) groups is 1. The van der Waals surface area contributed by atoms with Gasteiger partial charge >= 0.3 is 0 Å². The van der Waals surface area contributed by atoms with E-state index in [2.05, 4.69) is 58.6 Å². The van der Waals surface area contributed by atoms with Crippen LogP contribution in [-0.4, -0.2) is 54.5 Å². The molecule has 178 valence electrons. The number of aromatic amines is 1. The summed E-state index contributed by atoms with van der Waals surface area (Å²) in [6.07, 6.45) is 9.39. The standard InChI is InChI=1S/C25H42N6O/c1-4-5-6-9-15-31(3)18-21(16-20-17-29-23-13-8-7-12-22(20)23)30-24(32)19(2)11-10-14-28-25(26)27/h7-8,12-13,17,19,21,29H,4-6,9-11,14-16,18H2,1-3H3,(H,30,32)(H4,26,27,28)/t19-,21-/m0/s1. The summed E-state index contributed by atoms with van der Waals surface area (Å²) in [4.78, 5) is 22.6. The minimum atomic E-state index is -0.0791. The predicted molar refractivity (Wildman–Crippen MR) is 135 cm³/mol. The molecule has 1 heterocycles. The zero-order chi connectivity index (χ0) is 23.3. The number of nitrogens with zero attached hydrogens (tertiary/aromatic N) is 2. The Hall–Kier alpha value is -2.54. The SMILES string of the molecule is CCCCCCN(C)C[C@H](Cc1c[nH]c2ccccc12)NC(=O)[C@@H](C)CCCN=C(N)N. The molecule has 1 aromatic carbocycles. The van der Waals surface area contributed by atoms with E-state index >= 15 is 0 Å². The number of para-hydroxylation sites is 1. The number of benzene rings is 1. The zero-order valence-corrected chi connectivity index (χ0v) is 20.1. The van der Waals surface area contributed by atoms with Gasteiger partial charge in [0.15, 0.2) is 5.96 Å². The maximum absolute atomic E-state index is 12.9. The molecule has 0 spiro atoms. The van der Waals surface area contributed by atoms with E-state index in [1.807, 2.05) is 13.0 Å². The number of amides is 1. The number of H-pyrrole nitrogens is 1. The van der Waals surface area contributed by atoms with Crippen molar-refractivity contribution in [1.82, 2.24) is 15.2 Å². The average molecular weight is 443 g/mol. The second-order valence-corrected chi connectivity index (χ2v) is 8.94. The summed E-state index contributed by atoms with van der Waals surface area (Å²) in [6, 6.07) is 8.38. The van der Waals surface area contributed by atoms with Crippen LogP contribution >= 0.6 is 0 Å². The van der Waals surface area contributed by atoms with Gasteiger partial charge in [0.1, 0.15) is 0 Å². The van der Waals surface area contributed by atoms with Crippen molar-refractivity contribution in [3.05, 3.63) is 36.0 Å². The van der Waals surface area contributed by atoms with Gasteiger partial charge in [0.2, 0.25) is 5.91 Å². The summed E-state index contributed by atoms with van der Waals surface area (Å²) >= 11 is 0. The molecule has 1 aromatic heterocycles. The Morgan fingerprint density at radius 1 is 1.19 bits per heavy atom. The van der Waals surface area contributed by atoms with E-state index in [0.29, 0.717) is 6.54 Å². The first-order valence-electron chi connectivity index (χ1n) is 12.0. The minimum Gasteiger partial charge on any atom is -0.370 e. The molecule has 0 bridgehead atoms. The normalized spacial score (nSPS) is 13.2. The number of nitrogens with two attached hydrogens (primary N) is 2. The van der Waals surface area contributed by atoms with E-state index in [4.69, 9.17) is 11.5 Å². The van der Waals surface area contributed by atoms with Gasteiger partial charge in [-0.2, -0.15) is 0 Å².